The van der Waals surface area contributed by atoms with E-state index in [1.165, 1.54) is 86.9 Å². The Bertz CT molecular complexity index is 2060. The standard InChI is InChI=1S/C32H16/c1-3-17-9-10-22-15-25-23-13-11-20-8-7-18-5-2-6-21-16-26(32(23)30(20)28(18)21)31(25)24-14-12-19(4-1)27(17)29(22)24/h1-16H. The molecule has 0 heterocycles. The molecule has 1 aliphatic carbocycles. The normalized spacial score (nSPS) is 13.0. The van der Waals surface area contributed by atoms with Crippen LogP contribution in [0.4, 0.5) is 0 Å². The van der Waals surface area contributed by atoms with Crippen molar-refractivity contribution in [3.05, 3.63) is 97.1 Å². The lowest BCUT2D eigenvalue weighted by atomic mass is 9.88. The lowest BCUT2D eigenvalue weighted by molar-refractivity contribution is 1.76. The summed E-state index contributed by atoms with van der Waals surface area (Å²) in [6.07, 6.45) is 0. The predicted octanol–water partition coefficient (Wildman–Crippen LogP) is 9.13. The fourth-order valence-electron chi connectivity index (χ4n) is 6.59. The number of benzene rings is 8. The molecule has 0 unspecified atom stereocenters. The lowest BCUT2D eigenvalue weighted by Gasteiger charge is -2.15. The topological polar surface area (TPSA) is 0 Å². The van der Waals surface area contributed by atoms with Crippen molar-refractivity contribution >= 4 is 64.6 Å². The van der Waals surface area contributed by atoms with Gasteiger partial charge in [-0.25, -0.2) is 0 Å². The second-order valence-corrected chi connectivity index (χ2v) is 9.31. The van der Waals surface area contributed by atoms with Crippen LogP contribution in [0.1, 0.15) is 0 Å². The fourth-order valence-corrected chi connectivity index (χ4v) is 6.59. The van der Waals surface area contributed by atoms with Crippen LogP contribution < -0.4 is 0 Å². The molecule has 0 fully saturated rings. The van der Waals surface area contributed by atoms with Gasteiger partial charge in [0.2, 0.25) is 0 Å². The van der Waals surface area contributed by atoms with Crippen LogP contribution in [0.5, 0.6) is 0 Å². The van der Waals surface area contributed by atoms with Crippen molar-refractivity contribution < 1.29 is 0 Å². The van der Waals surface area contributed by atoms with E-state index in [1.807, 2.05) is 0 Å². The van der Waals surface area contributed by atoms with Gasteiger partial charge in [-0.1, -0.05) is 84.9 Å². The zero-order chi connectivity index (χ0) is 20.6. The SMILES string of the molecule is c1cc2ccc3cc4c(c5ccc(c1)c2c35)-c1cc2cccc3ccc5ccc-4c1c5c32. The fraction of sp³-hybridized carbons (Fsp3) is 0. The smallest absolute Gasteiger partial charge is 0.00134 e. The Kier molecular flexibility index (Phi) is 2.44. The van der Waals surface area contributed by atoms with Crippen molar-refractivity contribution in [1.29, 1.82) is 0 Å². The van der Waals surface area contributed by atoms with Crippen LogP contribution in [0.2, 0.25) is 0 Å². The highest BCUT2D eigenvalue weighted by Gasteiger charge is 2.27. The quantitative estimate of drug-likeness (QED) is 0.223. The van der Waals surface area contributed by atoms with Crippen LogP contribution in [-0.4, -0.2) is 0 Å². The van der Waals surface area contributed by atoms with E-state index in [4.69, 9.17) is 0 Å². The predicted molar refractivity (Wildman–Crippen MR) is 138 cm³/mol. The maximum Gasteiger partial charge on any atom is -0.00134 e. The van der Waals surface area contributed by atoms with Gasteiger partial charge in [-0.05, 0) is 99.0 Å². The monoisotopic (exact) mass is 400 g/mol. The van der Waals surface area contributed by atoms with Crippen molar-refractivity contribution in [3.63, 3.8) is 0 Å². The number of hydrogen-bond acceptors (Lipinski definition) is 0. The summed E-state index contributed by atoms with van der Waals surface area (Å²) < 4.78 is 0. The Morgan fingerprint density at radius 3 is 1.62 bits per heavy atom. The third kappa shape index (κ3) is 1.60. The third-order valence-corrected chi connectivity index (χ3v) is 7.84. The van der Waals surface area contributed by atoms with Crippen molar-refractivity contribution in [3.8, 4) is 22.3 Å². The number of hydrogen-bond donors (Lipinski definition) is 0. The van der Waals surface area contributed by atoms with Crippen molar-refractivity contribution in [2.75, 3.05) is 0 Å². The van der Waals surface area contributed by atoms with Gasteiger partial charge < -0.3 is 0 Å². The van der Waals surface area contributed by atoms with Crippen LogP contribution in [-0.2, 0) is 0 Å². The number of rotatable bonds is 0. The van der Waals surface area contributed by atoms with E-state index in [0.717, 1.165) is 0 Å². The minimum absolute atomic E-state index is 1.33. The highest BCUT2D eigenvalue weighted by molar-refractivity contribution is 6.36. The minimum Gasteiger partial charge on any atom is -0.0610 e. The molecule has 0 amide bonds. The molecule has 144 valence electrons. The van der Waals surface area contributed by atoms with Crippen LogP contribution in [0.15, 0.2) is 97.1 Å². The zero-order valence-corrected chi connectivity index (χ0v) is 17.2. The summed E-state index contributed by atoms with van der Waals surface area (Å²) in [5.74, 6) is 0. The van der Waals surface area contributed by atoms with E-state index in [1.54, 1.807) is 0 Å². The van der Waals surface area contributed by atoms with Gasteiger partial charge in [-0.2, -0.15) is 0 Å². The average molecular weight is 400 g/mol. The van der Waals surface area contributed by atoms with E-state index in [0.29, 0.717) is 0 Å². The molecule has 0 bridgehead atoms. The first-order valence-corrected chi connectivity index (χ1v) is 11.3. The second kappa shape index (κ2) is 5.00. The maximum absolute atomic E-state index is 2.44. The Hall–Kier alpha value is -4.16. The second-order valence-electron chi connectivity index (χ2n) is 9.31. The van der Waals surface area contributed by atoms with Crippen LogP contribution in [0.25, 0.3) is 86.9 Å². The van der Waals surface area contributed by atoms with Gasteiger partial charge in [0.15, 0.2) is 0 Å². The molecule has 0 nitrogen and oxygen atoms in total. The summed E-state index contributed by atoms with van der Waals surface area (Å²) in [6, 6.07) is 36.7. The summed E-state index contributed by atoms with van der Waals surface area (Å²) in [5, 5.41) is 16.4. The molecule has 0 saturated heterocycles. The van der Waals surface area contributed by atoms with Crippen molar-refractivity contribution in [1.82, 2.24) is 0 Å². The van der Waals surface area contributed by atoms with Gasteiger partial charge in [0.1, 0.15) is 0 Å². The Balaban J connectivity index is 1.59. The molecule has 0 atom stereocenters. The summed E-state index contributed by atoms with van der Waals surface area (Å²) in [4.78, 5) is 0. The molecule has 1 aliphatic rings. The van der Waals surface area contributed by atoms with Gasteiger partial charge in [-0.15, -0.1) is 0 Å². The molecule has 0 radical (unpaired) electrons. The van der Waals surface area contributed by atoms with Gasteiger partial charge in [-0.3, -0.25) is 0 Å². The minimum atomic E-state index is 1.33. The Morgan fingerprint density at radius 2 is 0.844 bits per heavy atom. The molecule has 0 saturated carbocycles. The van der Waals surface area contributed by atoms with Gasteiger partial charge >= 0.3 is 0 Å². The zero-order valence-electron chi connectivity index (χ0n) is 17.2. The molecule has 0 N–H and O–H groups in total. The highest BCUT2D eigenvalue weighted by atomic mass is 14.3. The highest BCUT2D eigenvalue weighted by Crippen LogP contribution is 2.55. The van der Waals surface area contributed by atoms with Gasteiger partial charge in [0.05, 0.1) is 0 Å². The summed E-state index contributed by atoms with van der Waals surface area (Å²) in [6.45, 7) is 0. The van der Waals surface area contributed by atoms with Gasteiger partial charge in [0.25, 0.3) is 0 Å². The van der Waals surface area contributed by atoms with E-state index in [2.05, 4.69) is 97.1 Å². The van der Waals surface area contributed by atoms with Crippen molar-refractivity contribution in [2.45, 2.75) is 0 Å². The lowest BCUT2D eigenvalue weighted by Crippen LogP contribution is -1.87. The Morgan fingerprint density at radius 1 is 0.312 bits per heavy atom. The molecule has 32 heavy (non-hydrogen) atoms. The van der Waals surface area contributed by atoms with Crippen molar-refractivity contribution in [2.24, 2.45) is 0 Å². The van der Waals surface area contributed by atoms with E-state index in [-0.39, 0.29) is 0 Å². The molecular weight excluding hydrogens is 384 g/mol. The van der Waals surface area contributed by atoms with E-state index in [9.17, 15) is 0 Å². The molecule has 0 spiro atoms. The van der Waals surface area contributed by atoms with Gasteiger partial charge in [0, 0.05) is 0 Å². The summed E-state index contributed by atoms with van der Waals surface area (Å²) in [7, 11) is 0. The first-order chi connectivity index (χ1) is 15.9. The number of fused-ring (bicyclic) bond motifs is 4. The third-order valence-electron chi connectivity index (χ3n) is 7.84. The summed E-state index contributed by atoms with van der Waals surface area (Å²) >= 11 is 0. The molecule has 0 aliphatic heterocycles. The molecular formula is C32H16. The molecule has 8 aromatic rings. The van der Waals surface area contributed by atoms with Crippen LogP contribution >= 0.6 is 0 Å². The molecule has 9 rings (SSSR count). The molecule has 0 heteroatoms. The first-order valence-electron chi connectivity index (χ1n) is 11.3. The van der Waals surface area contributed by atoms with E-state index < -0.39 is 0 Å². The first kappa shape index (κ1) is 15.6. The maximum atomic E-state index is 2.44. The van der Waals surface area contributed by atoms with Crippen LogP contribution in [0.3, 0.4) is 0 Å². The largest absolute Gasteiger partial charge is 0.0610 e. The molecule has 8 aromatic carbocycles. The Labute approximate surface area is 184 Å². The van der Waals surface area contributed by atoms with Crippen LogP contribution in [0, 0.1) is 0 Å². The van der Waals surface area contributed by atoms with E-state index >= 15 is 0 Å². The summed E-state index contributed by atoms with van der Waals surface area (Å²) in [5.41, 5.74) is 5.56. The average Bonchev–Trinajstić information content (AvgIpc) is 3.16. The molecule has 0 aromatic heterocycles.